The topological polar surface area (TPSA) is 66.2 Å². The molecule has 1 aliphatic carbocycles. The maximum atomic E-state index is 10.8. The van der Waals surface area contributed by atoms with Crippen molar-refractivity contribution < 1.29 is 9.84 Å². The van der Waals surface area contributed by atoms with Crippen LogP contribution in [0.15, 0.2) is 6.20 Å². The van der Waals surface area contributed by atoms with Gasteiger partial charge >= 0.3 is 0 Å². The van der Waals surface area contributed by atoms with Crippen molar-refractivity contribution in [2.45, 2.75) is 57.7 Å². The maximum Gasteiger partial charge on any atom is 0.119 e. The van der Waals surface area contributed by atoms with Crippen LogP contribution >= 0.6 is 11.3 Å². The standard InChI is InChI=1S/C15H24N2O2S/c1-3-4-12(16)11-5-7-15(18,8-6-11)13-9-17-14(20-13)10-19-2/h9,11,16,18H,3-8,10H2,1-2H3. The molecule has 4 nitrogen and oxygen atoms in total. The molecule has 0 unspecified atom stereocenters. The van der Waals surface area contributed by atoms with Gasteiger partial charge < -0.3 is 15.3 Å². The molecule has 1 aromatic heterocycles. The fraction of sp³-hybridized carbons (Fsp3) is 0.733. The molecular formula is C15H24N2O2S. The lowest BCUT2D eigenvalue weighted by atomic mass is 9.76. The van der Waals surface area contributed by atoms with Crippen LogP contribution in [0, 0.1) is 11.3 Å². The van der Waals surface area contributed by atoms with Gasteiger partial charge in [0.1, 0.15) is 10.6 Å². The van der Waals surface area contributed by atoms with Crippen molar-refractivity contribution in [3.8, 4) is 0 Å². The zero-order chi connectivity index (χ0) is 14.6. The molecule has 0 aliphatic heterocycles. The number of aliphatic hydroxyl groups is 1. The molecule has 0 atom stereocenters. The third-order valence-corrected chi connectivity index (χ3v) is 5.27. The van der Waals surface area contributed by atoms with E-state index < -0.39 is 5.60 Å². The first-order valence-electron chi connectivity index (χ1n) is 7.33. The van der Waals surface area contributed by atoms with Crippen molar-refractivity contribution in [1.82, 2.24) is 4.98 Å². The molecule has 1 fully saturated rings. The number of nitrogens with zero attached hydrogens (tertiary/aromatic N) is 1. The van der Waals surface area contributed by atoms with Crippen molar-refractivity contribution in [3.63, 3.8) is 0 Å². The third-order valence-electron chi connectivity index (χ3n) is 4.10. The quantitative estimate of drug-likeness (QED) is 0.790. The lowest BCUT2D eigenvalue weighted by Gasteiger charge is -2.35. The van der Waals surface area contributed by atoms with E-state index in [2.05, 4.69) is 11.9 Å². The number of nitrogens with one attached hydrogen (secondary N) is 1. The SMILES string of the molecule is CCCC(=N)C1CCC(O)(c2cnc(COC)s2)CC1. The van der Waals surface area contributed by atoms with Crippen molar-refractivity contribution in [1.29, 1.82) is 5.41 Å². The Bertz CT molecular complexity index is 450. The smallest absolute Gasteiger partial charge is 0.119 e. The molecule has 0 aromatic carbocycles. The predicted octanol–water partition coefficient (Wildman–Crippen LogP) is 3.49. The predicted molar refractivity (Wildman–Crippen MR) is 81.3 cm³/mol. The molecule has 0 spiro atoms. The molecular weight excluding hydrogens is 272 g/mol. The van der Waals surface area contributed by atoms with Gasteiger partial charge in [-0.15, -0.1) is 11.3 Å². The van der Waals surface area contributed by atoms with E-state index in [1.807, 2.05) is 0 Å². The van der Waals surface area contributed by atoms with Crippen LogP contribution in [0.3, 0.4) is 0 Å². The van der Waals surface area contributed by atoms with Crippen molar-refractivity contribution in [2.75, 3.05) is 7.11 Å². The van der Waals surface area contributed by atoms with Gasteiger partial charge in [-0.2, -0.15) is 0 Å². The normalized spacial score (nSPS) is 26.6. The number of methoxy groups -OCH3 is 1. The van der Waals surface area contributed by atoms with Gasteiger partial charge in [0.05, 0.1) is 11.5 Å². The number of hydrogen-bond donors (Lipinski definition) is 2. The molecule has 1 heterocycles. The van der Waals surface area contributed by atoms with Crippen LogP contribution in [0.25, 0.3) is 0 Å². The molecule has 20 heavy (non-hydrogen) atoms. The van der Waals surface area contributed by atoms with Gasteiger partial charge in [-0.3, -0.25) is 0 Å². The molecule has 0 bridgehead atoms. The molecule has 5 heteroatoms. The van der Waals surface area contributed by atoms with E-state index in [4.69, 9.17) is 10.1 Å². The highest BCUT2D eigenvalue weighted by Crippen LogP contribution is 2.42. The maximum absolute atomic E-state index is 10.8. The lowest BCUT2D eigenvalue weighted by Crippen LogP contribution is -2.33. The van der Waals surface area contributed by atoms with Crippen LogP contribution in [-0.4, -0.2) is 22.9 Å². The Kier molecular flexibility index (Phi) is 5.29. The number of hydrogen-bond acceptors (Lipinski definition) is 5. The fourth-order valence-electron chi connectivity index (χ4n) is 2.88. The average molecular weight is 296 g/mol. The lowest BCUT2D eigenvalue weighted by molar-refractivity contribution is -0.00398. The van der Waals surface area contributed by atoms with Crippen LogP contribution in [0.1, 0.15) is 55.3 Å². The van der Waals surface area contributed by atoms with E-state index in [1.165, 1.54) is 0 Å². The van der Waals surface area contributed by atoms with Gasteiger partial charge in [0.2, 0.25) is 0 Å². The highest BCUT2D eigenvalue weighted by atomic mass is 32.1. The minimum Gasteiger partial charge on any atom is -0.384 e. The van der Waals surface area contributed by atoms with E-state index in [0.29, 0.717) is 12.5 Å². The molecule has 2 N–H and O–H groups in total. The first-order valence-corrected chi connectivity index (χ1v) is 8.14. The second-order valence-electron chi connectivity index (χ2n) is 5.63. The third kappa shape index (κ3) is 3.45. The second-order valence-corrected chi connectivity index (χ2v) is 6.75. The van der Waals surface area contributed by atoms with Crippen LogP contribution < -0.4 is 0 Å². The molecule has 1 aromatic rings. The Labute approximate surface area is 124 Å². The summed E-state index contributed by atoms with van der Waals surface area (Å²) < 4.78 is 5.08. The highest BCUT2D eigenvalue weighted by Gasteiger charge is 2.37. The first-order chi connectivity index (χ1) is 9.59. The van der Waals surface area contributed by atoms with Gasteiger partial charge in [0.15, 0.2) is 0 Å². The van der Waals surface area contributed by atoms with Crippen molar-refractivity contribution in [3.05, 3.63) is 16.1 Å². The summed E-state index contributed by atoms with van der Waals surface area (Å²) in [5.41, 5.74) is 0.117. The Hall–Kier alpha value is -0.780. The molecule has 0 radical (unpaired) electrons. The van der Waals surface area contributed by atoms with E-state index >= 15 is 0 Å². The van der Waals surface area contributed by atoms with Crippen LogP contribution in [0.2, 0.25) is 0 Å². The van der Waals surface area contributed by atoms with Gasteiger partial charge in [-0.25, -0.2) is 4.98 Å². The largest absolute Gasteiger partial charge is 0.384 e. The summed E-state index contributed by atoms with van der Waals surface area (Å²) >= 11 is 1.54. The highest BCUT2D eigenvalue weighted by molar-refractivity contribution is 7.11. The van der Waals surface area contributed by atoms with Crippen LogP contribution in [0.5, 0.6) is 0 Å². The van der Waals surface area contributed by atoms with Gasteiger partial charge in [-0.05, 0) is 38.0 Å². The molecule has 1 aliphatic rings. The average Bonchev–Trinajstić information content (AvgIpc) is 2.90. The summed E-state index contributed by atoms with van der Waals surface area (Å²) in [7, 11) is 1.65. The second kappa shape index (κ2) is 6.78. The number of thiazole rings is 1. The zero-order valence-electron chi connectivity index (χ0n) is 12.3. The molecule has 112 valence electrons. The Morgan fingerprint density at radius 2 is 2.25 bits per heavy atom. The Morgan fingerprint density at radius 3 is 2.85 bits per heavy atom. The van der Waals surface area contributed by atoms with Crippen molar-refractivity contribution in [2.24, 2.45) is 5.92 Å². The summed E-state index contributed by atoms with van der Waals surface area (Å²) in [5, 5.41) is 19.8. The van der Waals surface area contributed by atoms with Crippen molar-refractivity contribution >= 4 is 17.0 Å². The van der Waals surface area contributed by atoms with E-state index in [9.17, 15) is 5.11 Å². The fourth-order valence-corrected chi connectivity index (χ4v) is 3.91. The van der Waals surface area contributed by atoms with E-state index in [0.717, 1.165) is 54.1 Å². The summed E-state index contributed by atoms with van der Waals surface area (Å²) in [4.78, 5) is 5.25. The molecule has 0 saturated heterocycles. The van der Waals surface area contributed by atoms with Crippen LogP contribution in [-0.2, 0) is 16.9 Å². The van der Waals surface area contributed by atoms with E-state index in [-0.39, 0.29) is 0 Å². The first kappa shape index (κ1) is 15.6. The van der Waals surface area contributed by atoms with Gasteiger partial charge in [0, 0.05) is 19.0 Å². The number of aromatic nitrogens is 1. The van der Waals surface area contributed by atoms with E-state index in [1.54, 1.807) is 24.6 Å². The monoisotopic (exact) mass is 296 g/mol. The Morgan fingerprint density at radius 1 is 1.55 bits per heavy atom. The molecule has 1 saturated carbocycles. The van der Waals surface area contributed by atoms with Gasteiger partial charge in [-0.1, -0.05) is 13.3 Å². The van der Waals surface area contributed by atoms with Gasteiger partial charge in [0.25, 0.3) is 0 Å². The summed E-state index contributed by atoms with van der Waals surface area (Å²) in [6.45, 7) is 2.62. The Balaban J connectivity index is 1.98. The minimum atomic E-state index is -0.743. The summed E-state index contributed by atoms with van der Waals surface area (Å²) in [6.07, 6.45) is 7.00. The minimum absolute atomic E-state index is 0.363. The molecule has 2 rings (SSSR count). The summed E-state index contributed by atoms with van der Waals surface area (Å²) in [5.74, 6) is 0.363. The number of rotatable bonds is 6. The molecule has 0 amide bonds. The summed E-state index contributed by atoms with van der Waals surface area (Å²) in [6, 6.07) is 0. The van der Waals surface area contributed by atoms with Crippen LogP contribution in [0.4, 0.5) is 0 Å². The number of ether oxygens (including phenoxy) is 1. The zero-order valence-corrected chi connectivity index (χ0v) is 13.1.